The van der Waals surface area contributed by atoms with Crippen molar-refractivity contribution in [2.75, 3.05) is 5.32 Å². The van der Waals surface area contributed by atoms with Crippen molar-refractivity contribution in [3.63, 3.8) is 0 Å². The van der Waals surface area contributed by atoms with Gasteiger partial charge in [0.1, 0.15) is 11.5 Å². The van der Waals surface area contributed by atoms with Crippen molar-refractivity contribution in [1.82, 2.24) is 4.31 Å². The maximum Gasteiger partial charge on any atom is 0.248 e. The highest BCUT2D eigenvalue weighted by Crippen LogP contribution is 2.48. The maximum absolute atomic E-state index is 13.7. The molecule has 2 fully saturated rings. The summed E-state index contributed by atoms with van der Waals surface area (Å²) >= 11 is 12.7. The normalized spacial score (nSPS) is 23.8. The number of carbonyl (C=O) groups is 2. The summed E-state index contributed by atoms with van der Waals surface area (Å²) in [5.74, 6) is -1.47. The quantitative estimate of drug-likeness (QED) is 0.292. The van der Waals surface area contributed by atoms with Gasteiger partial charge in [-0.3, -0.25) is 13.9 Å². The minimum Gasteiger partial charge on any atom is -0.382 e. The third kappa shape index (κ3) is 4.16. The number of hydrogen-bond donors (Lipinski definition) is 2. The molecule has 1 amide bonds. The van der Waals surface area contributed by atoms with E-state index in [0.717, 1.165) is 29.7 Å². The second-order valence-corrected chi connectivity index (χ2v) is 10.8. The lowest BCUT2D eigenvalue weighted by Crippen LogP contribution is -2.54. The third-order valence-electron chi connectivity index (χ3n) is 7.10. The van der Waals surface area contributed by atoms with Crippen LogP contribution in [0.3, 0.4) is 0 Å². The van der Waals surface area contributed by atoms with Crippen LogP contribution in [0.1, 0.15) is 61.1 Å². The molecule has 2 unspecified atom stereocenters. The Morgan fingerprint density at radius 2 is 1.79 bits per heavy atom. The van der Waals surface area contributed by atoms with Crippen LogP contribution in [0.5, 0.6) is 0 Å². The number of hydrogen-bond acceptors (Lipinski definition) is 5. The number of nitrogens with one attached hydrogen (secondary N) is 1. The van der Waals surface area contributed by atoms with Crippen LogP contribution in [-0.2, 0) is 15.1 Å². The Labute approximate surface area is 214 Å². The van der Waals surface area contributed by atoms with Crippen molar-refractivity contribution in [2.24, 2.45) is 0 Å². The van der Waals surface area contributed by atoms with Gasteiger partial charge in [-0.25, -0.2) is 0 Å². The SMILES string of the molecule is O=C1CC(c2ccsc2)(c2cccc(NC3CCCCC3)c2)N(S)C(=O)C1c1ccccc1Cl. The summed E-state index contributed by atoms with van der Waals surface area (Å²) in [6.07, 6.45) is 6.23. The van der Waals surface area contributed by atoms with E-state index in [0.29, 0.717) is 16.6 Å². The smallest absolute Gasteiger partial charge is 0.248 e. The summed E-state index contributed by atoms with van der Waals surface area (Å²) in [7, 11) is 0. The summed E-state index contributed by atoms with van der Waals surface area (Å²) in [5.41, 5.74) is 2.32. The molecule has 5 rings (SSSR count). The Hall–Kier alpha value is -2.28. The zero-order valence-corrected chi connectivity index (χ0v) is 21.2. The van der Waals surface area contributed by atoms with Crippen LogP contribution >= 0.6 is 35.8 Å². The molecule has 1 aliphatic heterocycles. The summed E-state index contributed by atoms with van der Waals surface area (Å²) in [6, 6.07) is 17.6. The summed E-state index contributed by atoms with van der Waals surface area (Å²) in [6.45, 7) is 0. The molecule has 2 atom stereocenters. The molecule has 0 radical (unpaired) electrons. The number of amides is 1. The molecular weight excluding hydrogens is 484 g/mol. The first-order valence-corrected chi connectivity index (χ1v) is 13.4. The lowest BCUT2D eigenvalue weighted by Gasteiger charge is -2.46. The van der Waals surface area contributed by atoms with Gasteiger partial charge < -0.3 is 5.32 Å². The number of nitrogens with zero attached hydrogens (tertiary/aromatic N) is 1. The van der Waals surface area contributed by atoms with E-state index in [1.807, 2.05) is 29.0 Å². The van der Waals surface area contributed by atoms with Crippen molar-refractivity contribution in [3.05, 3.63) is 87.1 Å². The second kappa shape index (κ2) is 9.76. The van der Waals surface area contributed by atoms with E-state index < -0.39 is 11.5 Å². The Morgan fingerprint density at radius 3 is 2.53 bits per heavy atom. The molecule has 2 aliphatic rings. The molecule has 7 heteroatoms. The van der Waals surface area contributed by atoms with E-state index in [2.05, 4.69) is 17.4 Å². The average molecular weight is 511 g/mol. The average Bonchev–Trinajstić information content (AvgIpc) is 3.39. The van der Waals surface area contributed by atoms with Crippen molar-refractivity contribution >= 4 is 53.1 Å². The van der Waals surface area contributed by atoms with Crippen molar-refractivity contribution in [1.29, 1.82) is 0 Å². The van der Waals surface area contributed by atoms with Crippen LogP contribution in [0.15, 0.2) is 65.4 Å². The first kappa shape index (κ1) is 23.5. The predicted molar refractivity (Wildman–Crippen MR) is 142 cm³/mol. The lowest BCUT2D eigenvalue weighted by molar-refractivity contribution is -0.142. The van der Waals surface area contributed by atoms with Crippen molar-refractivity contribution < 1.29 is 9.59 Å². The molecule has 1 aromatic heterocycles. The van der Waals surface area contributed by atoms with Gasteiger partial charge in [-0.05, 0) is 64.6 Å². The highest BCUT2D eigenvalue weighted by molar-refractivity contribution is 7.78. The summed E-state index contributed by atoms with van der Waals surface area (Å²) < 4.78 is 1.46. The summed E-state index contributed by atoms with van der Waals surface area (Å²) in [4.78, 5) is 27.4. The van der Waals surface area contributed by atoms with Gasteiger partial charge in [0.15, 0.2) is 5.78 Å². The predicted octanol–water partition coefficient (Wildman–Crippen LogP) is 6.82. The van der Waals surface area contributed by atoms with E-state index in [1.165, 1.54) is 23.6 Å². The first-order chi connectivity index (χ1) is 16.5. The Kier molecular flexibility index (Phi) is 6.74. The number of ketones is 1. The van der Waals surface area contributed by atoms with E-state index >= 15 is 0 Å². The van der Waals surface area contributed by atoms with Gasteiger partial charge in [-0.2, -0.15) is 11.3 Å². The monoisotopic (exact) mass is 510 g/mol. The number of Topliss-reactive ketones (excluding diaryl/α,β-unsaturated/α-hetero) is 1. The number of halogens is 1. The van der Waals surface area contributed by atoms with Crippen LogP contribution in [0, 0.1) is 0 Å². The molecule has 2 aromatic carbocycles. The molecule has 1 N–H and O–H groups in total. The third-order valence-corrected chi connectivity index (χ3v) is 8.67. The number of thiophene rings is 1. The van der Waals surface area contributed by atoms with Gasteiger partial charge in [-0.1, -0.05) is 74.0 Å². The van der Waals surface area contributed by atoms with Crippen LogP contribution in [0.2, 0.25) is 5.02 Å². The Balaban J connectivity index is 1.55. The number of anilines is 1. The highest BCUT2D eigenvalue weighted by Gasteiger charge is 2.53. The fourth-order valence-corrected chi connectivity index (χ4v) is 6.74. The van der Waals surface area contributed by atoms with Crippen LogP contribution < -0.4 is 5.32 Å². The van der Waals surface area contributed by atoms with Crippen molar-refractivity contribution in [2.45, 2.75) is 56.0 Å². The van der Waals surface area contributed by atoms with Crippen LogP contribution in [-0.4, -0.2) is 22.0 Å². The van der Waals surface area contributed by atoms with Crippen LogP contribution in [0.4, 0.5) is 5.69 Å². The number of carbonyl (C=O) groups excluding carboxylic acids is 2. The molecule has 0 spiro atoms. The van der Waals surface area contributed by atoms with Gasteiger partial charge >= 0.3 is 0 Å². The second-order valence-electron chi connectivity index (χ2n) is 9.18. The molecule has 1 aliphatic carbocycles. The molecule has 176 valence electrons. The number of rotatable bonds is 5. The highest BCUT2D eigenvalue weighted by atomic mass is 35.5. The fraction of sp³-hybridized carbons (Fsp3) is 0.333. The zero-order valence-electron chi connectivity index (χ0n) is 18.7. The van der Waals surface area contributed by atoms with Gasteiger partial charge in [0.2, 0.25) is 5.91 Å². The molecule has 1 saturated heterocycles. The van der Waals surface area contributed by atoms with Crippen LogP contribution in [0.25, 0.3) is 0 Å². The zero-order chi connectivity index (χ0) is 23.7. The standard InChI is InChI=1S/C27H27ClN2O2S2/c28-23-12-5-4-11-22(23)25-24(31)16-27(30(33)26(25)32,19-13-14-34-17-19)18-7-6-10-21(15-18)29-20-8-2-1-3-9-20/h4-7,10-15,17,20,25,29,33H,1-3,8-9,16H2. The van der Waals surface area contributed by atoms with Gasteiger partial charge in [-0.15, -0.1) is 0 Å². The topological polar surface area (TPSA) is 49.4 Å². The summed E-state index contributed by atoms with van der Waals surface area (Å²) in [5, 5.41) is 8.06. The van der Waals surface area contributed by atoms with E-state index in [9.17, 15) is 9.59 Å². The van der Waals surface area contributed by atoms with Gasteiger partial charge in [0.05, 0.1) is 0 Å². The maximum atomic E-state index is 13.7. The van der Waals surface area contributed by atoms with E-state index in [1.54, 1.807) is 35.6 Å². The van der Waals surface area contributed by atoms with Gasteiger partial charge in [0.25, 0.3) is 0 Å². The Morgan fingerprint density at radius 1 is 1.00 bits per heavy atom. The van der Waals surface area contributed by atoms with E-state index in [4.69, 9.17) is 24.4 Å². The molecular formula is C27H27ClN2O2S2. The minimum atomic E-state index is -0.987. The number of benzene rings is 2. The molecule has 34 heavy (non-hydrogen) atoms. The Bertz CT molecular complexity index is 1190. The lowest BCUT2D eigenvalue weighted by atomic mass is 9.73. The largest absolute Gasteiger partial charge is 0.382 e. The molecule has 1 saturated carbocycles. The first-order valence-electron chi connectivity index (χ1n) is 11.7. The minimum absolute atomic E-state index is 0.127. The van der Waals surface area contributed by atoms with E-state index in [-0.39, 0.29) is 18.1 Å². The molecule has 3 aromatic rings. The fourth-order valence-electron chi connectivity index (χ4n) is 5.36. The molecule has 0 bridgehead atoms. The number of piperidine rings is 1. The number of thiol groups is 1. The molecule has 4 nitrogen and oxygen atoms in total. The van der Waals surface area contributed by atoms with Crippen molar-refractivity contribution in [3.8, 4) is 0 Å². The van der Waals surface area contributed by atoms with Gasteiger partial charge in [0, 0.05) is 23.2 Å². The molecule has 2 heterocycles.